The minimum atomic E-state index is -0.827. The smallest absolute Gasteiger partial charge is 0.132 e. The van der Waals surface area contributed by atoms with Gasteiger partial charge in [-0.2, -0.15) is 0 Å². The first-order valence-electron chi connectivity index (χ1n) is 9.90. The normalized spacial score (nSPS) is 16.3. The second kappa shape index (κ2) is 13.5. The maximum absolute atomic E-state index is 14.6. The van der Waals surface area contributed by atoms with E-state index in [9.17, 15) is 13.9 Å². The van der Waals surface area contributed by atoms with Crippen LogP contribution in [0.3, 0.4) is 0 Å². The van der Waals surface area contributed by atoms with Crippen molar-refractivity contribution in [3.05, 3.63) is 107 Å². The molecule has 1 aromatic rings. The fraction of sp³-hybridized carbons (Fsp3) is 0.240. The van der Waals surface area contributed by atoms with Crippen LogP contribution in [0.25, 0.3) is 5.57 Å². The van der Waals surface area contributed by atoms with E-state index in [4.69, 9.17) is 16.3 Å². The van der Waals surface area contributed by atoms with Gasteiger partial charge in [0, 0.05) is 28.6 Å². The van der Waals surface area contributed by atoms with Gasteiger partial charge < -0.3 is 15.2 Å². The second-order valence-corrected chi connectivity index (χ2v) is 7.25. The molecule has 2 N–H and O–H groups in total. The van der Waals surface area contributed by atoms with Crippen molar-refractivity contribution in [2.45, 2.75) is 19.4 Å². The topological polar surface area (TPSA) is 41.5 Å². The highest BCUT2D eigenvalue weighted by atomic mass is 35.5. The maximum atomic E-state index is 14.6. The molecule has 2 atom stereocenters. The minimum Gasteiger partial charge on any atom is -0.497 e. The molecule has 0 aliphatic carbocycles. The molecular weight excluding hydrogens is 420 g/mol. The molecule has 1 aliphatic heterocycles. The number of halogens is 3. The van der Waals surface area contributed by atoms with Crippen LogP contribution in [0, 0.1) is 11.7 Å². The zero-order chi connectivity index (χ0) is 22.5. The molecule has 164 valence electrons. The van der Waals surface area contributed by atoms with Crippen molar-refractivity contribution in [2.75, 3.05) is 13.2 Å². The van der Waals surface area contributed by atoms with E-state index < -0.39 is 17.8 Å². The molecule has 0 bridgehead atoms. The quantitative estimate of drug-likeness (QED) is 0.160. The number of benzene rings is 1. The highest BCUT2D eigenvalue weighted by Gasteiger charge is 2.25. The average molecular weight is 446 g/mol. The summed E-state index contributed by atoms with van der Waals surface area (Å²) >= 11 is 5.90. The van der Waals surface area contributed by atoms with Gasteiger partial charge in [-0.25, -0.2) is 8.78 Å². The summed E-state index contributed by atoms with van der Waals surface area (Å²) < 4.78 is 32.1. The summed E-state index contributed by atoms with van der Waals surface area (Å²) in [4.78, 5) is 0. The van der Waals surface area contributed by atoms with Crippen LogP contribution in [-0.2, 0) is 4.74 Å². The van der Waals surface area contributed by atoms with E-state index in [1.807, 2.05) is 19.1 Å². The van der Waals surface area contributed by atoms with Crippen molar-refractivity contribution in [3.63, 3.8) is 0 Å². The lowest BCUT2D eigenvalue weighted by Crippen LogP contribution is -2.23. The van der Waals surface area contributed by atoms with Crippen molar-refractivity contribution in [1.82, 2.24) is 5.32 Å². The summed E-state index contributed by atoms with van der Waals surface area (Å²) in [6, 6.07) is 4.42. The Morgan fingerprint density at radius 2 is 2.13 bits per heavy atom. The number of rotatable bonds is 9. The van der Waals surface area contributed by atoms with Gasteiger partial charge in [-0.1, -0.05) is 42.8 Å². The fourth-order valence-corrected chi connectivity index (χ4v) is 3.14. The molecule has 31 heavy (non-hydrogen) atoms. The van der Waals surface area contributed by atoms with Gasteiger partial charge >= 0.3 is 0 Å². The maximum Gasteiger partial charge on any atom is 0.132 e. The summed E-state index contributed by atoms with van der Waals surface area (Å²) in [6.07, 6.45) is 15.1. The zero-order valence-corrected chi connectivity index (χ0v) is 18.0. The van der Waals surface area contributed by atoms with Crippen molar-refractivity contribution >= 4 is 17.2 Å². The molecule has 6 heteroatoms. The molecule has 2 unspecified atom stereocenters. The number of allylic oxidation sites excluding steroid dienone is 4. The Hall–Kier alpha value is -2.85. The number of hydrogen-bond acceptors (Lipinski definition) is 3. The van der Waals surface area contributed by atoms with Crippen molar-refractivity contribution < 1.29 is 18.6 Å². The van der Waals surface area contributed by atoms with Gasteiger partial charge in [0.05, 0.1) is 18.7 Å². The molecule has 3 nitrogen and oxygen atoms in total. The summed E-state index contributed by atoms with van der Waals surface area (Å²) in [7, 11) is 0. The summed E-state index contributed by atoms with van der Waals surface area (Å²) in [5.74, 6) is -0.923. The lowest BCUT2D eigenvalue weighted by molar-refractivity contribution is 0.172. The molecule has 0 saturated carbocycles. The van der Waals surface area contributed by atoms with Crippen molar-refractivity contribution in [2.24, 2.45) is 5.92 Å². The molecule has 1 aromatic carbocycles. The predicted molar refractivity (Wildman–Crippen MR) is 122 cm³/mol. The third-order valence-corrected chi connectivity index (χ3v) is 4.86. The van der Waals surface area contributed by atoms with Crippen LogP contribution < -0.4 is 5.32 Å². The Kier molecular flexibility index (Phi) is 10.6. The monoisotopic (exact) mass is 445 g/mol. The summed E-state index contributed by atoms with van der Waals surface area (Å²) in [5.41, 5.74) is 4.40. The van der Waals surface area contributed by atoms with Gasteiger partial charge in [0.25, 0.3) is 0 Å². The molecule has 0 aromatic heterocycles. The Bertz CT molecular complexity index is 941. The minimum absolute atomic E-state index is 0.228. The lowest BCUT2D eigenvalue weighted by Gasteiger charge is -2.24. The van der Waals surface area contributed by atoms with Gasteiger partial charge in [-0.05, 0) is 54.6 Å². The largest absolute Gasteiger partial charge is 0.497 e. The number of aliphatic hydroxyl groups is 1. The van der Waals surface area contributed by atoms with E-state index in [1.54, 1.807) is 36.6 Å². The standard InChI is InChI=1S/C25H26ClF2NO2/c1-19(25(30)20-10-6-8-14-29-17-20)23(22-12-11-21(26)16-24(22)28)18-31-15-9-5-3-2-4-7-13-27/h3-9,11-13,16-19,25,29-30H,10,14-15H2,1H3/b9-5+,13-7+,23-18+. The first-order chi connectivity index (χ1) is 15.0. The third kappa shape index (κ3) is 8.06. The Balaban J connectivity index is 2.21. The van der Waals surface area contributed by atoms with Gasteiger partial charge in [0.15, 0.2) is 0 Å². The molecule has 1 aliphatic rings. The van der Waals surface area contributed by atoms with Gasteiger partial charge in [-0.3, -0.25) is 0 Å². The van der Waals surface area contributed by atoms with Gasteiger partial charge in [-0.15, -0.1) is 5.73 Å². The molecular formula is C25H26ClF2NO2. The molecule has 1 heterocycles. The molecule has 0 radical (unpaired) electrons. The SMILES string of the molecule is CC(/C(=C\OC/C=C/C=C=C/C=C/F)c1ccc(Cl)cc1F)C(O)C1=CNCC=CC1. The molecule has 0 saturated heterocycles. The molecule has 0 spiro atoms. The molecule has 0 amide bonds. The van der Waals surface area contributed by atoms with Crippen LogP contribution in [0.5, 0.6) is 0 Å². The summed E-state index contributed by atoms with van der Waals surface area (Å²) in [6.45, 7) is 2.75. The number of aliphatic hydroxyl groups excluding tert-OH is 1. The van der Waals surface area contributed by atoms with E-state index in [-0.39, 0.29) is 6.61 Å². The molecule has 0 fully saturated rings. The second-order valence-electron chi connectivity index (χ2n) is 6.81. The lowest BCUT2D eigenvalue weighted by atomic mass is 9.86. The van der Waals surface area contributed by atoms with Crippen LogP contribution in [0.2, 0.25) is 5.02 Å². The van der Waals surface area contributed by atoms with E-state index in [0.717, 1.165) is 5.57 Å². The number of nitrogens with one attached hydrogen (secondary N) is 1. The summed E-state index contributed by atoms with van der Waals surface area (Å²) in [5, 5.41) is 14.3. The Morgan fingerprint density at radius 1 is 1.32 bits per heavy atom. The predicted octanol–water partition coefficient (Wildman–Crippen LogP) is 6.02. The van der Waals surface area contributed by atoms with E-state index in [0.29, 0.717) is 35.5 Å². The van der Waals surface area contributed by atoms with Crippen LogP contribution in [0.1, 0.15) is 18.9 Å². The van der Waals surface area contributed by atoms with Crippen LogP contribution >= 0.6 is 11.6 Å². The van der Waals surface area contributed by atoms with E-state index in [2.05, 4.69) is 11.0 Å². The third-order valence-electron chi connectivity index (χ3n) is 4.63. The first-order valence-corrected chi connectivity index (χ1v) is 10.3. The van der Waals surface area contributed by atoms with Crippen LogP contribution in [0.4, 0.5) is 8.78 Å². The number of hydrogen-bond donors (Lipinski definition) is 2. The van der Waals surface area contributed by atoms with Crippen molar-refractivity contribution in [3.8, 4) is 0 Å². The van der Waals surface area contributed by atoms with Crippen LogP contribution in [0.15, 0.2) is 90.8 Å². The number of ether oxygens (including phenoxy) is 1. The first kappa shape index (κ1) is 24.4. The Labute approximate surface area is 187 Å². The van der Waals surface area contributed by atoms with E-state index >= 15 is 0 Å². The van der Waals surface area contributed by atoms with Gasteiger partial charge in [0.1, 0.15) is 12.4 Å². The highest BCUT2D eigenvalue weighted by molar-refractivity contribution is 6.30. The average Bonchev–Trinajstić information content (AvgIpc) is 3.04. The highest BCUT2D eigenvalue weighted by Crippen LogP contribution is 2.32. The van der Waals surface area contributed by atoms with Crippen molar-refractivity contribution in [1.29, 1.82) is 0 Å². The fourth-order valence-electron chi connectivity index (χ4n) is 2.98. The zero-order valence-electron chi connectivity index (χ0n) is 17.3. The van der Waals surface area contributed by atoms with E-state index in [1.165, 1.54) is 24.5 Å². The van der Waals surface area contributed by atoms with Crippen LogP contribution in [-0.4, -0.2) is 24.4 Å². The van der Waals surface area contributed by atoms with Gasteiger partial charge in [0.2, 0.25) is 0 Å². The molecule has 2 rings (SSSR count). The Morgan fingerprint density at radius 3 is 2.90 bits per heavy atom.